The Morgan fingerprint density at radius 3 is 2.82 bits per heavy atom. The number of rotatable bonds is 8. The van der Waals surface area contributed by atoms with E-state index in [1.54, 1.807) is 11.3 Å². The molecular formula is C13H24N2S2. The van der Waals surface area contributed by atoms with Crippen LogP contribution in [0.1, 0.15) is 31.0 Å². The Kier molecular flexibility index (Phi) is 7.16. The third-order valence-corrected chi connectivity index (χ3v) is 4.55. The van der Waals surface area contributed by atoms with Crippen LogP contribution in [0.3, 0.4) is 0 Å². The van der Waals surface area contributed by atoms with Crippen molar-refractivity contribution in [3.05, 3.63) is 16.1 Å². The largest absolute Gasteiger partial charge is 0.313 e. The molecule has 0 radical (unpaired) electrons. The number of hydrogen-bond acceptors (Lipinski definition) is 4. The fraction of sp³-hybridized carbons (Fsp3) is 0.769. The summed E-state index contributed by atoms with van der Waals surface area (Å²) in [4.78, 5) is 4.57. The molecule has 98 valence electrons. The molecule has 0 amide bonds. The van der Waals surface area contributed by atoms with Crippen LogP contribution in [0.15, 0.2) is 5.38 Å². The van der Waals surface area contributed by atoms with Crippen molar-refractivity contribution in [2.75, 3.05) is 18.6 Å². The van der Waals surface area contributed by atoms with Gasteiger partial charge in [0.2, 0.25) is 0 Å². The van der Waals surface area contributed by atoms with Gasteiger partial charge in [0.1, 0.15) is 0 Å². The van der Waals surface area contributed by atoms with E-state index in [4.69, 9.17) is 0 Å². The lowest BCUT2D eigenvalue weighted by Gasteiger charge is -2.24. The zero-order valence-corrected chi connectivity index (χ0v) is 13.0. The Labute approximate surface area is 114 Å². The van der Waals surface area contributed by atoms with E-state index in [1.807, 2.05) is 11.8 Å². The highest BCUT2D eigenvalue weighted by atomic mass is 32.2. The van der Waals surface area contributed by atoms with Gasteiger partial charge in [0.15, 0.2) is 0 Å². The summed E-state index contributed by atoms with van der Waals surface area (Å²) in [5, 5.41) is 7.03. The summed E-state index contributed by atoms with van der Waals surface area (Å²) in [6, 6.07) is 0.559. The van der Waals surface area contributed by atoms with Crippen LogP contribution >= 0.6 is 23.1 Å². The number of nitrogens with zero attached hydrogens (tertiary/aromatic N) is 1. The molecule has 0 aromatic carbocycles. The summed E-state index contributed by atoms with van der Waals surface area (Å²) < 4.78 is 0. The molecule has 0 aliphatic heterocycles. The van der Waals surface area contributed by atoms with Gasteiger partial charge in [-0.15, -0.1) is 11.3 Å². The van der Waals surface area contributed by atoms with Gasteiger partial charge in [-0.05, 0) is 37.8 Å². The highest BCUT2D eigenvalue weighted by molar-refractivity contribution is 7.98. The molecule has 2 nitrogen and oxygen atoms in total. The Morgan fingerprint density at radius 2 is 2.29 bits per heavy atom. The lowest BCUT2D eigenvalue weighted by Crippen LogP contribution is -2.38. The number of thioether (sulfide) groups is 1. The first kappa shape index (κ1) is 15.0. The summed E-state index contributed by atoms with van der Waals surface area (Å²) >= 11 is 3.68. The number of aromatic nitrogens is 1. The summed E-state index contributed by atoms with van der Waals surface area (Å²) in [5.74, 6) is 1.91. The van der Waals surface area contributed by atoms with Crippen LogP contribution in [0.5, 0.6) is 0 Å². The average Bonchev–Trinajstić information content (AvgIpc) is 2.70. The van der Waals surface area contributed by atoms with Crippen LogP contribution in [-0.2, 0) is 6.42 Å². The first-order valence-corrected chi connectivity index (χ1v) is 8.58. The summed E-state index contributed by atoms with van der Waals surface area (Å²) in [6.07, 6.45) is 4.44. The van der Waals surface area contributed by atoms with Gasteiger partial charge in [-0.2, -0.15) is 11.8 Å². The zero-order chi connectivity index (χ0) is 12.7. The highest BCUT2D eigenvalue weighted by Crippen LogP contribution is 2.16. The van der Waals surface area contributed by atoms with Crippen molar-refractivity contribution in [3.63, 3.8) is 0 Å². The van der Waals surface area contributed by atoms with Crippen LogP contribution in [0.2, 0.25) is 0 Å². The molecule has 17 heavy (non-hydrogen) atoms. The molecule has 0 spiro atoms. The molecule has 2 atom stereocenters. The molecule has 1 N–H and O–H groups in total. The predicted molar refractivity (Wildman–Crippen MR) is 80.2 cm³/mol. The molecule has 4 heteroatoms. The third-order valence-electron chi connectivity index (χ3n) is 2.87. The molecule has 1 rings (SSSR count). The van der Waals surface area contributed by atoms with Gasteiger partial charge >= 0.3 is 0 Å². The zero-order valence-electron chi connectivity index (χ0n) is 11.3. The van der Waals surface area contributed by atoms with Crippen molar-refractivity contribution in [2.45, 2.75) is 39.7 Å². The van der Waals surface area contributed by atoms with Gasteiger partial charge in [0.05, 0.1) is 10.7 Å². The lowest BCUT2D eigenvalue weighted by molar-refractivity contribution is 0.400. The maximum Gasteiger partial charge on any atom is 0.0897 e. The van der Waals surface area contributed by atoms with Crippen LogP contribution in [0.4, 0.5) is 0 Å². The van der Waals surface area contributed by atoms with Gasteiger partial charge in [-0.25, -0.2) is 4.98 Å². The first-order valence-electron chi connectivity index (χ1n) is 6.30. The molecule has 1 aromatic heterocycles. The summed E-state index contributed by atoms with van der Waals surface area (Å²) in [5.41, 5.74) is 1.24. The molecular weight excluding hydrogens is 248 g/mol. The second-order valence-electron chi connectivity index (χ2n) is 4.56. The monoisotopic (exact) mass is 272 g/mol. The number of nitrogens with one attached hydrogen (secondary N) is 1. The average molecular weight is 272 g/mol. The Balaban J connectivity index is 2.55. The molecule has 0 aliphatic rings. The van der Waals surface area contributed by atoms with Gasteiger partial charge in [-0.1, -0.05) is 13.8 Å². The minimum absolute atomic E-state index is 0.559. The van der Waals surface area contributed by atoms with E-state index in [2.05, 4.69) is 42.7 Å². The molecule has 0 saturated carbocycles. The summed E-state index contributed by atoms with van der Waals surface area (Å²) in [7, 11) is 0. The van der Waals surface area contributed by atoms with Gasteiger partial charge in [0.25, 0.3) is 0 Å². The first-order chi connectivity index (χ1) is 8.17. The van der Waals surface area contributed by atoms with E-state index in [9.17, 15) is 0 Å². The van der Waals surface area contributed by atoms with Crippen molar-refractivity contribution in [2.24, 2.45) is 5.92 Å². The van der Waals surface area contributed by atoms with Crippen LogP contribution in [0, 0.1) is 12.8 Å². The highest BCUT2D eigenvalue weighted by Gasteiger charge is 2.17. The van der Waals surface area contributed by atoms with Gasteiger partial charge in [0, 0.05) is 17.8 Å². The SMILES string of the molecule is CCCNC(Cc1csc(C)n1)C(C)CSC. The predicted octanol–water partition coefficient (Wildman–Crippen LogP) is 3.36. The maximum absolute atomic E-state index is 4.57. The molecule has 2 unspecified atom stereocenters. The van der Waals surface area contributed by atoms with Crippen molar-refractivity contribution >= 4 is 23.1 Å². The maximum atomic E-state index is 4.57. The smallest absolute Gasteiger partial charge is 0.0897 e. The van der Waals surface area contributed by atoms with Crippen molar-refractivity contribution in [3.8, 4) is 0 Å². The number of thiazole rings is 1. The fourth-order valence-corrected chi connectivity index (χ4v) is 3.29. The summed E-state index contributed by atoms with van der Waals surface area (Å²) in [6.45, 7) is 7.74. The van der Waals surface area contributed by atoms with E-state index in [0.29, 0.717) is 12.0 Å². The minimum Gasteiger partial charge on any atom is -0.313 e. The second kappa shape index (κ2) is 8.11. The van der Waals surface area contributed by atoms with Crippen molar-refractivity contribution in [1.82, 2.24) is 10.3 Å². The standard InChI is InChI=1S/C13H24N2S2/c1-5-6-14-13(10(2)8-16-4)7-12-9-17-11(3)15-12/h9-10,13-14H,5-8H2,1-4H3. The van der Waals surface area contributed by atoms with Crippen molar-refractivity contribution < 1.29 is 0 Å². The van der Waals surface area contributed by atoms with Gasteiger partial charge in [-0.3, -0.25) is 0 Å². The Morgan fingerprint density at radius 1 is 1.53 bits per heavy atom. The topological polar surface area (TPSA) is 24.9 Å². The molecule has 0 fully saturated rings. The van der Waals surface area contributed by atoms with E-state index in [0.717, 1.165) is 13.0 Å². The number of hydrogen-bond donors (Lipinski definition) is 1. The molecule has 0 bridgehead atoms. The fourth-order valence-electron chi connectivity index (χ4n) is 1.91. The normalized spacial score (nSPS) is 14.8. The van der Waals surface area contributed by atoms with E-state index in [1.165, 1.54) is 22.9 Å². The lowest BCUT2D eigenvalue weighted by atomic mass is 9.99. The third kappa shape index (κ3) is 5.40. The van der Waals surface area contributed by atoms with Crippen molar-refractivity contribution in [1.29, 1.82) is 0 Å². The Hall–Kier alpha value is -0.0600. The molecule has 0 aliphatic carbocycles. The second-order valence-corrected chi connectivity index (χ2v) is 6.53. The van der Waals surface area contributed by atoms with Gasteiger partial charge < -0.3 is 5.32 Å². The molecule has 0 saturated heterocycles. The minimum atomic E-state index is 0.559. The van der Waals surface area contributed by atoms with Crippen LogP contribution in [-0.4, -0.2) is 29.6 Å². The van der Waals surface area contributed by atoms with E-state index < -0.39 is 0 Å². The van der Waals surface area contributed by atoms with Crippen LogP contribution < -0.4 is 5.32 Å². The van der Waals surface area contributed by atoms with Crippen LogP contribution in [0.25, 0.3) is 0 Å². The quantitative estimate of drug-likeness (QED) is 0.785. The number of aryl methyl sites for hydroxylation is 1. The van der Waals surface area contributed by atoms with E-state index in [-0.39, 0.29) is 0 Å². The van der Waals surface area contributed by atoms with E-state index >= 15 is 0 Å². The molecule has 1 heterocycles. The Bertz CT molecular complexity index is 312. The molecule has 1 aromatic rings.